The third-order valence-corrected chi connectivity index (χ3v) is 8.56. The lowest BCUT2D eigenvalue weighted by Crippen LogP contribution is -2.63. The molecule has 5 heterocycles. The van der Waals surface area contributed by atoms with E-state index >= 15 is 0 Å². The van der Waals surface area contributed by atoms with Gasteiger partial charge in [0.25, 0.3) is 0 Å². The second kappa shape index (κ2) is 11.4. The second-order valence-electron chi connectivity index (χ2n) is 12.6. The Balaban J connectivity index is 1.27. The molecule has 1 amide bonds. The quantitative estimate of drug-likeness (QED) is 0.491. The van der Waals surface area contributed by atoms with Crippen LogP contribution in [0.4, 0.5) is 29.5 Å². The number of aryl methyl sites for hydroxylation is 2. The molecule has 0 bridgehead atoms. The summed E-state index contributed by atoms with van der Waals surface area (Å²) in [4.78, 5) is 24.6. The van der Waals surface area contributed by atoms with Gasteiger partial charge in [-0.1, -0.05) is 12.7 Å². The molecule has 42 heavy (non-hydrogen) atoms. The molecule has 3 fully saturated rings. The van der Waals surface area contributed by atoms with Gasteiger partial charge in [-0.25, -0.2) is 9.78 Å². The van der Waals surface area contributed by atoms with Gasteiger partial charge in [0, 0.05) is 94.4 Å². The van der Waals surface area contributed by atoms with Crippen LogP contribution in [0.15, 0.2) is 18.8 Å². The fourth-order valence-corrected chi connectivity index (χ4v) is 6.37. The van der Waals surface area contributed by atoms with Crippen LogP contribution < -0.4 is 9.80 Å². The molecule has 0 aliphatic carbocycles. The summed E-state index contributed by atoms with van der Waals surface area (Å²) in [5.41, 5.74) is 1.46. The first-order valence-electron chi connectivity index (χ1n) is 14.7. The molecule has 9 nitrogen and oxygen atoms in total. The predicted octanol–water partition coefficient (Wildman–Crippen LogP) is 4.91. The Morgan fingerprint density at radius 3 is 2.21 bits per heavy atom. The van der Waals surface area contributed by atoms with E-state index in [1.807, 2.05) is 55.4 Å². The van der Waals surface area contributed by atoms with Gasteiger partial charge in [0.1, 0.15) is 11.4 Å². The van der Waals surface area contributed by atoms with Crippen molar-refractivity contribution in [2.45, 2.75) is 64.3 Å². The average Bonchev–Trinajstić information content (AvgIpc) is 3.24. The number of alkyl halides is 3. The van der Waals surface area contributed by atoms with Gasteiger partial charge in [0.2, 0.25) is 0 Å². The van der Waals surface area contributed by atoms with Gasteiger partial charge in [-0.05, 0) is 46.1 Å². The lowest BCUT2D eigenvalue weighted by atomic mass is 9.91. The molecule has 12 heteroatoms. The van der Waals surface area contributed by atoms with Crippen molar-refractivity contribution in [3.63, 3.8) is 0 Å². The fourth-order valence-electron chi connectivity index (χ4n) is 6.37. The van der Waals surface area contributed by atoms with Crippen LogP contribution >= 0.6 is 0 Å². The monoisotopic (exact) mass is 589 g/mol. The Morgan fingerprint density at radius 2 is 1.69 bits per heavy atom. The van der Waals surface area contributed by atoms with E-state index in [9.17, 15) is 18.0 Å². The number of carbonyl (C=O) groups excluding carboxylic acids is 1. The summed E-state index contributed by atoms with van der Waals surface area (Å²) in [5, 5.41) is 4.36. The number of carbonyl (C=O) groups is 1. The van der Waals surface area contributed by atoms with Crippen LogP contribution in [0.5, 0.6) is 0 Å². The Kier molecular flexibility index (Phi) is 8.21. The number of pyridine rings is 1. The zero-order valence-corrected chi connectivity index (χ0v) is 25.2. The van der Waals surface area contributed by atoms with Crippen LogP contribution in [-0.2, 0) is 18.0 Å². The normalized spacial score (nSPS) is 19.7. The summed E-state index contributed by atoms with van der Waals surface area (Å²) in [6.07, 6.45) is -0.122. The van der Waals surface area contributed by atoms with Gasteiger partial charge in [0.15, 0.2) is 5.69 Å². The first-order chi connectivity index (χ1) is 19.7. The first kappa shape index (κ1) is 30.2. The summed E-state index contributed by atoms with van der Waals surface area (Å²) in [7, 11) is 1.94. The fraction of sp³-hybridized carbons (Fsp3) is 0.633. The molecule has 3 saturated heterocycles. The van der Waals surface area contributed by atoms with Crippen molar-refractivity contribution in [2.75, 3.05) is 62.2 Å². The smallest absolute Gasteiger partial charge is 0.434 e. The van der Waals surface area contributed by atoms with E-state index in [-0.39, 0.29) is 17.7 Å². The molecule has 2 aromatic heterocycles. The third kappa shape index (κ3) is 6.23. The highest BCUT2D eigenvalue weighted by Crippen LogP contribution is 2.41. The first-order valence-corrected chi connectivity index (χ1v) is 14.7. The van der Waals surface area contributed by atoms with Gasteiger partial charge in [-0.15, -0.1) is 0 Å². The summed E-state index contributed by atoms with van der Waals surface area (Å²) in [5.74, 6) is 0.673. The molecule has 0 atom stereocenters. The number of hydrogen-bond donors (Lipinski definition) is 0. The van der Waals surface area contributed by atoms with Crippen molar-refractivity contribution in [3.8, 4) is 0 Å². The van der Waals surface area contributed by atoms with Crippen molar-refractivity contribution >= 4 is 23.7 Å². The molecule has 0 spiro atoms. The molecule has 2 aromatic rings. The van der Waals surface area contributed by atoms with E-state index in [1.165, 1.54) is 11.8 Å². The molecule has 0 unspecified atom stereocenters. The highest BCUT2D eigenvalue weighted by Gasteiger charge is 2.41. The van der Waals surface area contributed by atoms with Crippen LogP contribution in [-0.4, -0.2) is 94.7 Å². The lowest BCUT2D eigenvalue weighted by Gasteiger charge is -2.49. The topological polar surface area (TPSA) is 70.0 Å². The maximum atomic E-state index is 14.2. The summed E-state index contributed by atoms with van der Waals surface area (Å²) >= 11 is 0. The van der Waals surface area contributed by atoms with Crippen molar-refractivity contribution in [1.29, 1.82) is 0 Å². The van der Waals surface area contributed by atoms with E-state index in [0.29, 0.717) is 69.8 Å². The average molecular weight is 590 g/mol. The Morgan fingerprint density at radius 1 is 1.05 bits per heavy atom. The van der Waals surface area contributed by atoms with Crippen LogP contribution in [0.2, 0.25) is 0 Å². The Labute approximate surface area is 245 Å². The standard InChI is InChI=1S/C30H42F3N7O2/c1-7-23-24(40-18-22(19-40)37-12-14-39(15-13-37)28(41)42-29(3,4)5)16-25(35-27(23)30(31,32)33)38-10-8-21(9-11-38)26-20(2)17-34-36(26)6/h7,16-17,21-22H,1,8-15,18-19H2,2-6H3. The SMILES string of the molecule is C=Cc1c(N2CC(N3CCN(C(=O)OC(C)(C)C)CC3)C2)cc(N2CCC(c3c(C)cnn3C)CC2)nc1C(F)(F)F. The molecule has 0 N–H and O–H groups in total. The number of anilines is 2. The van der Waals surface area contributed by atoms with Crippen molar-refractivity contribution < 1.29 is 22.7 Å². The number of halogens is 3. The van der Waals surface area contributed by atoms with Crippen LogP contribution in [0.1, 0.15) is 62.0 Å². The van der Waals surface area contributed by atoms with Gasteiger partial charge in [-0.3, -0.25) is 9.58 Å². The molecule has 3 aliphatic rings. The van der Waals surface area contributed by atoms with Gasteiger partial charge >= 0.3 is 12.3 Å². The van der Waals surface area contributed by atoms with E-state index in [0.717, 1.165) is 18.4 Å². The molecule has 230 valence electrons. The van der Waals surface area contributed by atoms with Gasteiger partial charge in [-0.2, -0.15) is 18.3 Å². The number of amides is 1. The molecule has 0 saturated carbocycles. The van der Waals surface area contributed by atoms with Crippen molar-refractivity contribution in [3.05, 3.63) is 41.4 Å². The van der Waals surface area contributed by atoms with E-state index in [4.69, 9.17) is 4.74 Å². The number of nitrogens with zero attached hydrogens (tertiary/aromatic N) is 7. The highest BCUT2D eigenvalue weighted by atomic mass is 19.4. The lowest BCUT2D eigenvalue weighted by molar-refractivity contribution is -0.141. The molecular formula is C30H42F3N7O2. The number of hydrogen-bond acceptors (Lipinski definition) is 7. The highest BCUT2D eigenvalue weighted by molar-refractivity contribution is 5.74. The zero-order valence-electron chi connectivity index (χ0n) is 25.2. The Hall–Kier alpha value is -3.28. The van der Waals surface area contributed by atoms with Crippen molar-refractivity contribution in [2.24, 2.45) is 7.05 Å². The minimum atomic E-state index is -4.60. The molecule has 0 aromatic carbocycles. The van der Waals surface area contributed by atoms with Crippen LogP contribution in [0, 0.1) is 6.92 Å². The minimum Gasteiger partial charge on any atom is -0.444 e. The second-order valence-corrected chi connectivity index (χ2v) is 12.6. The number of piperazine rings is 1. The third-order valence-electron chi connectivity index (χ3n) is 8.56. The summed E-state index contributed by atoms with van der Waals surface area (Å²) in [6, 6.07) is 2.01. The van der Waals surface area contributed by atoms with E-state index in [2.05, 4.69) is 21.6 Å². The molecule has 5 rings (SSSR count). The Bertz CT molecular complexity index is 1280. The zero-order chi connectivity index (χ0) is 30.4. The minimum absolute atomic E-state index is 0.0276. The molecule has 0 radical (unpaired) electrons. The van der Waals surface area contributed by atoms with Crippen molar-refractivity contribution in [1.82, 2.24) is 24.6 Å². The van der Waals surface area contributed by atoms with Crippen LogP contribution in [0.3, 0.4) is 0 Å². The summed E-state index contributed by atoms with van der Waals surface area (Å²) in [6.45, 7) is 16.3. The predicted molar refractivity (Wildman–Crippen MR) is 157 cm³/mol. The number of ether oxygens (including phenoxy) is 1. The number of piperidine rings is 1. The summed E-state index contributed by atoms with van der Waals surface area (Å²) < 4.78 is 50.1. The van der Waals surface area contributed by atoms with Gasteiger partial charge < -0.3 is 19.4 Å². The molecule has 3 aliphatic heterocycles. The largest absolute Gasteiger partial charge is 0.444 e. The molecular weight excluding hydrogens is 547 g/mol. The van der Waals surface area contributed by atoms with E-state index in [1.54, 1.807) is 11.0 Å². The number of rotatable bonds is 5. The maximum absolute atomic E-state index is 14.2. The number of aromatic nitrogens is 3. The maximum Gasteiger partial charge on any atom is 0.434 e. The van der Waals surface area contributed by atoms with Crippen LogP contribution in [0.25, 0.3) is 6.08 Å². The van der Waals surface area contributed by atoms with E-state index < -0.39 is 17.5 Å². The van der Waals surface area contributed by atoms with Gasteiger partial charge in [0.05, 0.1) is 6.20 Å².